The zero-order valence-corrected chi connectivity index (χ0v) is 10.4. The number of hydrogen-bond acceptors (Lipinski definition) is 1. The molecule has 0 aliphatic carbocycles. The SMILES string of the molecule is Cc1cc(F)ccc1C(O)c1ccc(F)cc1Cl. The van der Waals surface area contributed by atoms with Gasteiger partial charge in [-0.15, -0.1) is 0 Å². The second-order valence-corrected chi connectivity index (χ2v) is 4.48. The summed E-state index contributed by atoms with van der Waals surface area (Å²) in [5, 5.41) is 10.4. The van der Waals surface area contributed by atoms with Crippen molar-refractivity contribution in [2.75, 3.05) is 0 Å². The molecule has 0 spiro atoms. The van der Waals surface area contributed by atoms with Gasteiger partial charge in [-0.3, -0.25) is 0 Å². The number of aliphatic hydroxyl groups is 1. The first-order valence-corrected chi connectivity index (χ1v) is 5.76. The predicted molar refractivity (Wildman–Crippen MR) is 66.6 cm³/mol. The van der Waals surface area contributed by atoms with E-state index in [0.717, 1.165) is 6.07 Å². The molecule has 0 aromatic heterocycles. The molecule has 0 aliphatic rings. The van der Waals surface area contributed by atoms with E-state index in [2.05, 4.69) is 0 Å². The summed E-state index contributed by atoms with van der Waals surface area (Å²) in [7, 11) is 0. The first-order valence-electron chi connectivity index (χ1n) is 5.38. The van der Waals surface area contributed by atoms with E-state index in [1.54, 1.807) is 6.92 Å². The van der Waals surface area contributed by atoms with Gasteiger partial charge in [-0.05, 0) is 42.3 Å². The highest BCUT2D eigenvalue weighted by molar-refractivity contribution is 6.31. The average molecular weight is 269 g/mol. The van der Waals surface area contributed by atoms with Crippen molar-refractivity contribution < 1.29 is 13.9 Å². The Bertz CT molecular complexity index is 533. The lowest BCUT2D eigenvalue weighted by Gasteiger charge is -2.15. The second kappa shape index (κ2) is 5.04. The van der Waals surface area contributed by atoms with Gasteiger partial charge in [0, 0.05) is 10.6 Å². The lowest BCUT2D eigenvalue weighted by atomic mass is 9.97. The van der Waals surface area contributed by atoms with Crippen LogP contribution in [0.25, 0.3) is 0 Å². The van der Waals surface area contributed by atoms with E-state index in [-0.39, 0.29) is 10.8 Å². The third kappa shape index (κ3) is 2.52. The summed E-state index contributed by atoms with van der Waals surface area (Å²) in [5.74, 6) is -0.833. The first-order chi connectivity index (χ1) is 8.49. The van der Waals surface area contributed by atoms with Crippen LogP contribution >= 0.6 is 11.6 Å². The maximum atomic E-state index is 13.0. The summed E-state index contributed by atoms with van der Waals surface area (Å²) in [6, 6.07) is 7.88. The molecule has 1 unspecified atom stereocenters. The van der Waals surface area contributed by atoms with Crippen LogP contribution in [0.5, 0.6) is 0 Å². The van der Waals surface area contributed by atoms with Crippen molar-refractivity contribution in [2.45, 2.75) is 13.0 Å². The molecular formula is C14H11ClF2O. The second-order valence-electron chi connectivity index (χ2n) is 4.07. The van der Waals surface area contributed by atoms with Gasteiger partial charge in [0.2, 0.25) is 0 Å². The molecule has 2 rings (SSSR count). The van der Waals surface area contributed by atoms with Gasteiger partial charge in [0.15, 0.2) is 0 Å². The largest absolute Gasteiger partial charge is 0.384 e. The smallest absolute Gasteiger partial charge is 0.124 e. The van der Waals surface area contributed by atoms with Gasteiger partial charge in [-0.2, -0.15) is 0 Å². The molecule has 18 heavy (non-hydrogen) atoms. The standard InChI is InChI=1S/C14H11ClF2O/c1-8-6-9(16)2-4-11(8)14(18)12-5-3-10(17)7-13(12)15/h2-7,14,18H,1H3. The number of halogens is 3. The summed E-state index contributed by atoms with van der Waals surface area (Å²) < 4.78 is 25.9. The Morgan fingerprint density at radius 1 is 1.00 bits per heavy atom. The molecule has 1 atom stereocenters. The van der Waals surface area contributed by atoms with Gasteiger partial charge >= 0.3 is 0 Å². The molecule has 0 heterocycles. The highest BCUT2D eigenvalue weighted by Crippen LogP contribution is 2.30. The van der Waals surface area contributed by atoms with Crippen LogP contribution in [0, 0.1) is 18.6 Å². The summed E-state index contributed by atoms with van der Waals surface area (Å²) in [6.07, 6.45) is -1.00. The predicted octanol–water partition coefficient (Wildman–Crippen LogP) is 4.01. The van der Waals surface area contributed by atoms with Gasteiger partial charge < -0.3 is 5.11 Å². The zero-order chi connectivity index (χ0) is 13.3. The van der Waals surface area contributed by atoms with Crippen LogP contribution < -0.4 is 0 Å². The summed E-state index contributed by atoms with van der Waals surface area (Å²) in [6.45, 7) is 1.69. The molecule has 2 aromatic carbocycles. The van der Waals surface area contributed by atoms with Crippen LogP contribution in [0.15, 0.2) is 36.4 Å². The van der Waals surface area contributed by atoms with E-state index < -0.39 is 11.9 Å². The first kappa shape index (κ1) is 13.0. The Kier molecular flexibility index (Phi) is 3.64. The molecule has 0 bridgehead atoms. The Hall–Kier alpha value is -1.45. The van der Waals surface area contributed by atoms with E-state index >= 15 is 0 Å². The molecule has 1 N–H and O–H groups in total. The van der Waals surface area contributed by atoms with E-state index in [0.29, 0.717) is 16.7 Å². The molecule has 0 saturated carbocycles. The molecule has 0 fully saturated rings. The Balaban J connectivity index is 2.44. The molecule has 0 aliphatic heterocycles. The summed E-state index contributed by atoms with van der Waals surface area (Å²) >= 11 is 5.88. The molecule has 4 heteroatoms. The minimum absolute atomic E-state index is 0.145. The van der Waals surface area contributed by atoms with Gasteiger partial charge in [0.1, 0.15) is 17.7 Å². The lowest BCUT2D eigenvalue weighted by molar-refractivity contribution is 0.219. The quantitative estimate of drug-likeness (QED) is 0.873. The summed E-state index contributed by atoms with van der Waals surface area (Å²) in [4.78, 5) is 0. The maximum Gasteiger partial charge on any atom is 0.124 e. The Morgan fingerprint density at radius 2 is 1.56 bits per heavy atom. The van der Waals surface area contributed by atoms with Crippen molar-refractivity contribution in [3.63, 3.8) is 0 Å². The number of aryl methyl sites for hydroxylation is 1. The highest BCUT2D eigenvalue weighted by Gasteiger charge is 2.16. The molecule has 2 aromatic rings. The van der Waals surface area contributed by atoms with Gasteiger partial charge in [0.25, 0.3) is 0 Å². The van der Waals surface area contributed by atoms with Gasteiger partial charge in [0.05, 0.1) is 0 Å². The van der Waals surface area contributed by atoms with E-state index in [1.165, 1.54) is 30.3 Å². The fraction of sp³-hybridized carbons (Fsp3) is 0.143. The third-order valence-electron chi connectivity index (χ3n) is 2.78. The van der Waals surface area contributed by atoms with Crippen molar-refractivity contribution >= 4 is 11.6 Å². The van der Waals surface area contributed by atoms with Crippen LogP contribution in [0.2, 0.25) is 5.02 Å². The Morgan fingerprint density at radius 3 is 2.11 bits per heavy atom. The number of benzene rings is 2. The van der Waals surface area contributed by atoms with Crippen LogP contribution in [-0.4, -0.2) is 5.11 Å². The van der Waals surface area contributed by atoms with Gasteiger partial charge in [-0.25, -0.2) is 8.78 Å². The maximum absolute atomic E-state index is 13.0. The fourth-order valence-corrected chi connectivity index (χ4v) is 2.11. The monoisotopic (exact) mass is 268 g/mol. The van der Waals surface area contributed by atoms with E-state index in [1.807, 2.05) is 0 Å². The van der Waals surface area contributed by atoms with Gasteiger partial charge in [-0.1, -0.05) is 23.7 Å². The number of aliphatic hydroxyl groups excluding tert-OH is 1. The van der Waals surface area contributed by atoms with Crippen molar-refractivity contribution in [1.29, 1.82) is 0 Å². The number of rotatable bonds is 2. The molecule has 0 radical (unpaired) electrons. The third-order valence-corrected chi connectivity index (χ3v) is 3.11. The topological polar surface area (TPSA) is 20.2 Å². The average Bonchev–Trinajstić information content (AvgIpc) is 2.28. The zero-order valence-electron chi connectivity index (χ0n) is 9.62. The van der Waals surface area contributed by atoms with Crippen molar-refractivity contribution in [3.05, 3.63) is 69.7 Å². The van der Waals surface area contributed by atoms with Crippen molar-refractivity contribution in [1.82, 2.24) is 0 Å². The molecule has 94 valence electrons. The molecule has 0 saturated heterocycles. The summed E-state index contributed by atoms with van der Waals surface area (Å²) in [5.41, 5.74) is 1.56. The van der Waals surface area contributed by atoms with Crippen molar-refractivity contribution in [3.8, 4) is 0 Å². The highest BCUT2D eigenvalue weighted by atomic mass is 35.5. The van der Waals surface area contributed by atoms with Crippen molar-refractivity contribution in [2.24, 2.45) is 0 Å². The van der Waals surface area contributed by atoms with Crippen LogP contribution in [0.4, 0.5) is 8.78 Å². The molecular weight excluding hydrogens is 258 g/mol. The van der Waals surface area contributed by atoms with E-state index in [9.17, 15) is 13.9 Å². The van der Waals surface area contributed by atoms with Crippen LogP contribution in [0.3, 0.4) is 0 Å². The van der Waals surface area contributed by atoms with Crippen LogP contribution in [0.1, 0.15) is 22.8 Å². The molecule has 1 nitrogen and oxygen atoms in total. The van der Waals surface area contributed by atoms with Crippen LogP contribution in [-0.2, 0) is 0 Å². The minimum atomic E-state index is -1.00. The number of hydrogen-bond donors (Lipinski definition) is 1. The normalized spacial score (nSPS) is 12.5. The fourth-order valence-electron chi connectivity index (χ4n) is 1.84. The minimum Gasteiger partial charge on any atom is -0.384 e. The van der Waals surface area contributed by atoms with E-state index in [4.69, 9.17) is 11.6 Å². The Labute approximate surface area is 109 Å². The molecule has 0 amide bonds. The lowest BCUT2D eigenvalue weighted by Crippen LogP contribution is -2.03.